The van der Waals surface area contributed by atoms with Crippen LogP contribution in [0.3, 0.4) is 0 Å². The Labute approximate surface area is 126 Å². The molecule has 0 radical (unpaired) electrons. The number of hydrogen-bond donors (Lipinski definition) is 2. The van der Waals surface area contributed by atoms with Crippen molar-refractivity contribution in [2.75, 3.05) is 37.8 Å². The van der Waals surface area contributed by atoms with Crippen molar-refractivity contribution in [3.8, 4) is 0 Å². The summed E-state index contributed by atoms with van der Waals surface area (Å²) >= 11 is 0. The molecule has 0 amide bonds. The van der Waals surface area contributed by atoms with Gasteiger partial charge in [-0.3, -0.25) is 0 Å². The van der Waals surface area contributed by atoms with Crippen molar-refractivity contribution in [1.29, 1.82) is 0 Å². The highest BCUT2D eigenvalue weighted by Crippen LogP contribution is 2.09. The van der Waals surface area contributed by atoms with Gasteiger partial charge in [-0.2, -0.15) is 4.98 Å². The normalized spacial score (nSPS) is 10.7. The van der Waals surface area contributed by atoms with E-state index in [0.717, 1.165) is 25.5 Å². The minimum Gasteiger partial charge on any atom is -0.366 e. The van der Waals surface area contributed by atoms with Gasteiger partial charge in [0.1, 0.15) is 5.82 Å². The topological polar surface area (TPSA) is 53.1 Å². The molecule has 112 valence electrons. The number of anilines is 2. The number of hydrogen-bond acceptors (Lipinski definition) is 5. The van der Waals surface area contributed by atoms with Crippen molar-refractivity contribution in [2.45, 2.75) is 13.5 Å². The average Bonchev–Trinajstić information content (AvgIpc) is 2.45. The molecule has 2 N–H and O–H groups in total. The molecule has 2 aromatic rings. The Morgan fingerprint density at radius 3 is 2.76 bits per heavy atom. The second kappa shape index (κ2) is 7.59. The lowest BCUT2D eigenvalue weighted by atomic mass is 10.1. The number of aromatic nitrogens is 2. The fourth-order valence-electron chi connectivity index (χ4n) is 1.95. The van der Waals surface area contributed by atoms with Crippen LogP contribution in [0.5, 0.6) is 0 Å². The molecule has 0 atom stereocenters. The third-order valence-corrected chi connectivity index (χ3v) is 3.05. The van der Waals surface area contributed by atoms with Gasteiger partial charge in [0.2, 0.25) is 5.95 Å². The van der Waals surface area contributed by atoms with Crippen LogP contribution < -0.4 is 10.6 Å². The minimum atomic E-state index is 0.658. The van der Waals surface area contributed by atoms with Crippen molar-refractivity contribution < 1.29 is 0 Å². The van der Waals surface area contributed by atoms with E-state index in [-0.39, 0.29) is 0 Å². The number of aryl methyl sites for hydroxylation is 1. The SMILES string of the molecule is Cc1cccc(CNc2ccnc(NCCN(C)C)n2)c1. The lowest BCUT2D eigenvalue weighted by molar-refractivity contribution is 0.425. The van der Waals surface area contributed by atoms with Crippen LogP contribution in [0.25, 0.3) is 0 Å². The summed E-state index contributed by atoms with van der Waals surface area (Å²) in [5, 5.41) is 6.55. The maximum Gasteiger partial charge on any atom is 0.224 e. The van der Waals surface area contributed by atoms with E-state index in [0.29, 0.717) is 5.95 Å². The highest BCUT2D eigenvalue weighted by Gasteiger charge is 2.00. The Morgan fingerprint density at radius 1 is 1.14 bits per heavy atom. The molecule has 1 aromatic carbocycles. The van der Waals surface area contributed by atoms with E-state index < -0.39 is 0 Å². The van der Waals surface area contributed by atoms with E-state index in [1.165, 1.54) is 11.1 Å². The molecule has 0 saturated heterocycles. The zero-order valence-electron chi connectivity index (χ0n) is 12.9. The first-order valence-corrected chi connectivity index (χ1v) is 7.14. The van der Waals surface area contributed by atoms with Crippen LogP contribution in [0.4, 0.5) is 11.8 Å². The molecular formula is C16H23N5. The van der Waals surface area contributed by atoms with Crippen LogP contribution in [0.2, 0.25) is 0 Å². The monoisotopic (exact) mass is 285 g/mol. The predicted octanol–water partition coefficient (Wildman–Crippen LogP) is 2.37. The Kier molecular flexibility index (Phi) is 5.51. The van der Waals surface area contributed by atoms with Crippen LogP contribution >= 0.6 is 0 Å². The van der Waals surface area contributed by atoms with E-state index in [1.807, 2.05) is 20.2 Å². The fraction of sp³-hybridized carbons (Fsp3) is 0.375. The molecule has 1 heterocycles. The molecule has 0 spiro atoms. The van der Waals surface area contributed by atoms with Crippen LogP contribution in [-0.4, -0.2) is 42.1 Å². The summed E-state index contributed by atoms with van der Waals surface area (Å²) < 4.78 is 0. The van der Waals surface area contributed by atoms with Gasteiger partial charge in [-0.1, -0.05) is 29.8 Å². The van der Waals surface area contributed by atoms with E-state index in [9.17, 15) is 0 Å². The van der Waals surface area contributed by atoms with Gasteiger partial charge >= 0.3 is 0 Å². The first-order chi connectivity index (χ1) is 10.1. The largest absolute Gasteiger partial charge is 0.366 e. The van der Waals surface area contributed by atoms with E-state index in [1.54, 1.807) is 6.20 Å². The van der Waals surface area contributed by atoms with Crippen LogP contribution in [0.1, 0.15) is 11.1 Å². The molecule has 21 heavy (non-hydrogen) atoms. The third kappa shape index (κ3) is 5.39. The second-order valence-corrected chi connectivity index (χ2v) is 5.34. The maximum absolute atomic E-state index is 4.46. The smallest absolute Gasteiger partial charge is 0.224 e. The standard InChI is InChI=1S/C16H23N5/c1-13-5-4-6-14(11-13)12-19-15-7-8-17-16(20-15)18-9-10-21(2)3/h4-8,11H,9-10,12H2,1-3H3,(H2,17,18,19,20). The van der Waals surface area contributed by atoms with Gasteiger partial charge in [0.05, 0.1) is 0 Å². The summed E-state index contributed by atoms with van der Waals surface area (Å²) in [7, 11) is 4.09. The van der Waals surface area contributed by atoms with Gasteiger partial charge in [-0.15, -0.1) is 0 Å². The summed E-state index contributed by atoms with van der Waals surface area (Å²) in [5.41, 5.74) is 2.51. The Hall–Kier alpha value is -2.14. The maximum atomic E-state index is 4.46. The van der Waals surface area contributed by atoms with Crippen LogP contribution in [-0.2, 0) is 6.54 Å². The summed E-state index contributed by atoms with van der Waals surface area (Å²) in [4.78, 5) is 10.8. The van der Waals surface area contributed by atoms with Gasteiger partial charge in [0.15, 0.2) is 0 Å². The average molecular weight is 285 g/mol. The molecule has 0 fully saturated rings. The minimum absolute atomic E-state index is 0.658. The highest BCUT2D eigenvalue weighted by molar-refractivity contribution is 5.40. The fourth-order valence-corrected chi connectivity index (χ4v) is 1.95. The van der Waals surface area contributed by atoms with E-state index in [4.69, 9.17) is 0 Å². The third-order valence-electron chi connectivity index (χ3n) is 3.05. The summed E-state index contributed by atoms with van der Waals surface area (Å²) in [5.74, 6) is 1.49. The Balaban J connectivity index is 1.88. The van der Waals surface area contributed by atoms with Crippen molar-refractivity contribution in [3.63, 3.8) is 0 Å². The lowest BCUT2D eigenvalue weighted by Gasteiger charge is -2.11. The lowest BCUT2D eigenvalue weighted by Crippen LogP contribution is -2.21. The van der Waals surface area contributed by atoms with Crippen molar-refractivity contribution in [1.82, 2.24) is 14.9 Å². The quantitative estimate of drug-likeness (QED) is 0.818. The summed E-state index contributed by atoms with van der Waals surface area (Å²) in [6.45, 7) is 4.63. The number of rotatable bonds is 7. The zero-order valence-corrected chi connectivity index (χ0v) is 12.9. The predicted molar refractivity (Wildman–Crippen MR) is 87.6 cm³/mol. The molecule has 1 aromatic heterocycles. The molecule has 0 bridgehead atoms. The van der Waals surface area contributed by atoms with Gasteiger partial charge in [0, 0.05) is 25.8 Å². The van der Waals surface area contributed by atoms with Crippen molar-refractivity contribution in [2.24, 2.45) is 0 Å². The molecule has 0 saturated carbocycles. The Bertz CT molecular complexity index is 568. The zero-order chi connectivity index (χ0) is 15.1. The first-order valence-electron chi connectivity index (χ1n) is 7.14. The number of likely N-dealkylation sites (N-methyl/N-ethyl adjacent to an activating group) is 1. The molecule has 0 aliphatic heterocycles. The second-order valence-electron chi connectivity index (χ2n) is 5.34. The number of benzene rings is 1. The Morgan fingerprint density at radius 2 is 2.00 bits per heavy atom. The molecule has 0 aliphatic carbocycles. The highest BCUT2D eigenvalue weighted by atomic mass is 15.2. The van der Waals surface area contributed by atoms with Gasteiger partial charge in [-0.25, -0.2) is 4.98 Å². The van der Waals surface area contributed by atoms with Crippen molar-refractivity contribution in [3.05, 3.63) is 47.7 Å². The van der Waals surface area contributed by atoms with Gasteiger partial charge in [0.25, 0.3) is 0 Å². The first kappa shape index (κ1) is 15.3. The molecular weight excluding hydrogens is 262 g/mol. The van der Waals surface area contributed by atoms with Gasteiger partial charge in [-0.05, 0) is 32.6 Å². The molecule has 0 aliphatic rings. The van der Waals surface area contributed by atoms with E-state index in [2.05, 4.69) is 56.7 Å². The molecule has 5 nitrogen and oxygen atoms in total. The van der Waals surface area contributed by atoms with Crippen molar-refractivity contribution >= 4 is 11.8 Å². The molecule has 2 rings (SSSR count). The van der Waals surface area contributed by atoms with Crippen LogP contribution in [0, 0.1) is 6.92 Å². The summed E-state index contributed by atoms with van der Waals surface area (Å²) in [6.07, 6.45) is 1.77. The van der Waals surface area contributed by atoms with E-state index >= 15 is 0 Å². The molecule has 5 heteroatoms. The molecule has 0 unspecified atom stereocenters. The number of nitrogens with one attached hydrogen (secondary N) is 2. The number of nitrogens with zero attached hydrogens (tertiary/aromatic N) is 3. The summed E-state index contributed by atoms with van der Waals surface area (Å²) in [6, 6.07) is 10.3. The van der Waals surface area contributed by atoms with Crippen LogP contribution in [0.15, 0.2) is 36.5 Å². The van der Waals surface area contributed by atoms with Gasteiger partial charge < -0.3 is 15.5 Å².